The van der Waals surface area contributed by atoms with E-state index in [9.17, 15) is 4.39 Å². The summed E-state index contributed by atoms with van der Waals surface area (Å²) in [5.41, 5.74) is 1.84. The van der Waals surface area contributed by atoms with Crippen LogP contribution in [0.4, 0.5) is 4.39 Å². The van der Waals surface area contributed by atoms with Crippen molar-refractivity contribution in [1.29, 1.82) is 0 Å². The van der Waals surface area contributed by atoms with Gasteiger partial charge in [-0.25, -0.2) is 4.39 Å². The molecule has 1 aromatic carbocycles. The largest absolute Gasteiger partial charge is 0.331 e. The predicted molar refractivity (Wildman–Crippen MR) is 82.9 cm³/mol. The second-order valence-corrected chi connectivity index (χ2v) is 6.61. The van der Waals surface area contributed by atoms with E-state index < -0.39 is 0 Å². The Bertz CT molecular complexity index is 671. The molecule has 0 radical (unpaired) electrons. The molecule has 0 aliphatic heterocycles. The van der Waals surface area contributed by atoms with Crippen molar-refractivity contribution in [3.63, 3.8) is 0 Å². The molecule has 2 atom stereocenters. The molecule has 1 saturated carbocycles. The molecule has 4 heteroatoms. The number of fused-ring (bicyclic) bond motifs is 1. The second-order valence-electron chi connectivity index (χ2n) is 6.22. The molecule has 2 aromatic rings. The lowest BCUT2D eigenvalue weighted by Crippen LogP contribution is -2.27. The molecule has 1 heterocycles. The fourth-order valence-electron chi connectivity index (χ4n) is 3.66. The van der Waals surface area contributed by atoms with Crippen molar-refractivity contribution in [2.45, 2.75) is 45.6 Å². The van der Waals surface area contributed by atoms with Crippen LogP contribution in [0.25, 0.3) is 11.0 Å². The number of imidazole rings is 1. The fraction of sp³-hybridized carbons (Fsp3) is 0.562. The van der Waals surface area contributed by atoms with Crippen LogP contribution in [-0.4, -0.2) is 9.55 Å². The molecular weight excluding hydrogens is 271 g/mol. The highest BCUT2D eigenvalue weighted by molar-refractivity contribution is 7.71. The summed E-state index contributed by atoms with van der Waals surface area (Å²) in [5, 5.41) is 0. The van der Waals surface area contributed by atoms with Gasteiger partial charge in [0.2, 0.25) is 0 Å². The van der Waals surface area contributed by atoms with Gasteiger partial charge in [0.15, 0.2) is 4.77 Å². The third-order valence-corrected chi connectivity index (χ3v) is 4.95. The summed E-state index contributed by atoms with van der Waals surface area (Å²) in [4.78, 5) is 3.22. The summed E-state index contributed by atoms with van der Waals surface area (Å²) < 4.78 is 16.5. The zero-order valence-electron chi connectivity index (χ0n) is 12.0. The van der Waals surface area contributed by atoms with E-state index >= 15 is 0 Å². The first-order chi connectivity index (χ1) is 9.58. The number of benzene rings is 1. The van der Waals surface area contributed by atoms with E-state index in [0.717, 1.165) is 22.2 Å². The van der Waals surface area contributed by atoms with Gasteiger partial charge in [0.25, 0.3) is 0 Å². The van der Waals surface area contributed by atoms with E-state index in [1.54, 1.807) is 12.1 Å². The van der Waals surface area contributed by atoms with Gasteiger partial charge in [-0.3, -0.25) is 0 Å². The molecule has 1 aromatic heterocycles. The Hall–Kier alpha value is -1.16. The van der Waals surface area contributed by atoms with Gasteiger partial charge in [-0.1, -0.05) is 26.7 Å². The molecule has 20 heavy (non-hydrogen) atoms. The maximum absolute atomic E-state index is 13.6. The molecular formula is C16H21FN2S. The third kappa shape index (κ3) is 2.30. The number of hydrogen-bond acceptors (Lipinski definition) is 1. The highest BCUT2D eigenvalue weighted by Crippen LogP contribution is 2.40. The first-order valence-electron chi connectivity index (χ1n) is 7.47. The van der Waals surface area contributed by atoms with Crippen LogP contribution in [-0.2, 0) is 0 Å². The smallest absolute Gasteiger partial charge is 0.178 e. The summed E-state index contributed by atoms with van der Waals surface area (Å²) in [7, 11) is 0. The van der Waals surface area contributed by atoms with Crippen molar-refractivity contribution in [2.75, 3.05) is 0 Å². The number of rotatable bonds is 2. The van der Waals surface area contributed by atoms with Crippen LogP contribution in [0.1, 0.15) is 45.6 Å². The molecule has 1 aliphatic rings. The van der Waals surface area contributed by atoms with E-state index in [-0.39, 0.29) is 5.82 Å². The Balaban J connectivity index is 2.14. The van der Waals surface area contributed by atoms with Crippen LogP contribution >= 0.6 is 12.2 Å². The molecule has 1 fully saturated rings. The first-order valence-corrected chi connectivity index (χ1v) is 7.88. The summed E-state index contributed by atoms with van der Waals surface area (Å²) in [5.74, 6) is 1.05. The summed E-state index contributed by atoms with van der Waals surface area (Å²) in [6.07, 6.45) is 4.91. The molecule has 1 N–H and O–H groups in total. The van der Waals surface area contributed by atoms with Gasteiger partial charge in [-0.15, -0.1) is 0 Å². The van der Waals surface area contributed by atoms with Gasteiger partial charge >= 0.3 is 0 Å². The number of aromatic nitrogens is 2. The molecule has 1 aliphatic carbocycles. The quantitative estimate of drug-likeness (QED) is 0.752. The van der Waals surface area contributed by atoms with Gasteiger partial charge in [0.05, 0.1) is 11.0 Å². The SMILES string of the molecule is CC(C)C1CCCCC1n1c(=S)[nH]c2ccc(F)cc21. The van der Waals surface area contributed by atoms with E-state index in [4.69, 9.17) is 12.2 Å². The van der Waals surface area contributed by atoms with E-state index in [0.29, 0.717) is 17.9 Å². The van der Waals surface area contributed by atoms with Crippen molar-refractivity contribution in [3.8, 4) is 0 Å². The molecule has 3 rings (SSSR count). The summed E-state index contributed by atoms with van der Waals surface area (Å²) in [6, 6.07) is 5.27. The number of aromatic amines is 1. The van der Waals surface area contributed by atoms with Gasteiger partial charge in [-0.2, -0.15) is 0 Å². The number of nitrogens with one attached hydrogen (secondary N) is 1. The Kier molecular flexibility index (Phi) is 3.67. The Labute approximate surface area is 124 Å². The topological polar surface area (TPSA) is 20.7 Å². The van der Waals surface area contributed by atoms with Gasteiger partial charge < -0.3 is 9.55 Å². The number of nitrogens with zero attached hydrogens (tertiary/aromatic N) is 1. The zero-order valence-corrected chi connectivity index (χ0v) is 12.8. The van der Waals surface area contributed by atoms with Crippen molar-refractivity contribution in [2.24, 2.45) is 11.8 Å². The zero-order chi connectivity index (χ0) is 14.3. The standard InChI is InChI=1S/C16H21FN2S/c1-10(2)12-5-3-4-6-14(12)19-15-9-11(17)7-8-13(15)18-16(19)20/h7-10,12,14H,3-6H2,1-2H3,(H,18,20). The Morgan fingerprint density at radius 3 is 2.80 bits per heavy atom. The average molecular weight is 292 g/mol. The minimum absolute atomic E-state index is 0.197. The molecule has 0 saturated heterocycles. The normalized spacial score (nSPS) is 23.6. The van der Waals surface area contributed by atoms with Crippen LogP contribution in [0.15, 0.2) is 18.2 Å². The van der Waals surface area contributed by atoms with Crippen molar-refractivity contribution >= 4 is 23.3 Å². The minimum Gasteiger partial charge on any atom is -0.331 e. The Morgan fingerprint density at radius 2 is 2.05 bits per heavy atom. The summed E-state index contributed by atoms with van der Waals surface area (Å²) >= 11 is 5.50. The first kappa shape index (κ1) is 13.8. The van der Waals surface area contributed by atoms with E-state index in [2.05, 4.69) is 23.4 Å². The third-order valence-electron chi connectivity index (χ3n) is 4.65. The van der Waals surface area contributed by atoms with Crippen LogP contribution in [0.5, 0.6) is 0 Å². The Morgan fingerprint density at radius 1 is 1.30 bits per heavy atom. The van der Waals surface area contributed by atoms with Crippen molar-refractivity contribution < 1.29 is 4.39 Å². The molecule has 0 amide bonds. The maximum atomic E-state index is 13.6. The van der Waals surface area contributed by atoms with E-state index in [1.165, 1.54) is 25.3 Å². The predicted octanol–water partition coefficient (Wildman–Crippen LogP) is 5.23. The lowest BCUT2D eigenvalue weighted by molar-refractivity contribution is 0.186. The average Bonchev–Trinajstić information content (AvgIpc) is 2.74. The van der Waals surface area contributed by atoms with E-state index in [1.807, 2.05) is 0 Å². The van der Waals surface area contributed by atoms with Gasteiger partial charge in [0.1, 0.15) is 5.82 Å². The summed E-state index contributed by atoms with van der Waals surface area (Å²) in [6.45, 7) is 4.56. The highest BCUT2D eigenvalue weighted by Gasteiger charge is 2.30. The van der Waals surface area contributed by atoms with Gasteiger partial charge in [0, 0.05) is 6.04 Å². The maximum Gasteiger partial charge on any atom is 0.178 e. The van der Waals surface area contributed by atoms with Crippen LogP contribution < -0.4 is 0 Å². The minimum atomic E-state index is -0.197. The number of hydrogen-bond donors (Lipinski definition) is 1. The van der Waals surface area contributed by atoms with Crippen LogP contribution in [0.3, 0.4) is 0 Å². The van der Waals surface area contributed by atoms with Crippen molar-refractivity contribution in [1.82, 2.24) is 9.55 Å². The lowest BCUT2D eigenvalue weighted by Gasteiger charge is -2.35. The number of halogens is 1. The van der Waals surface area contributed by atoms with Gasteiger partial charge in [-0.05, 0) is 55.1 Å². The second kappa shape index (κ2) is 5.32. The number of H-pyrrole nitrogens is 1. The monoisotopic (exact) mass is 292 g/mol. The molecule has 108 valence electrons. The van der Waals surface area contributed by atoms with Crippen LogP contribution in [0, 0.1) is 22.4 Å². The molecule has 0 bridgehead atoms. The lowest BCUT2D eigenvalue weighted by atomic mass is 9.77. The molecule has 2 nitrogen and oxygen atoms in total. The highest BCUT2D eigenvalue weighted by atomic mass is 32.1. The molecule has 2 unspecified atom stereocenters. The molecule has 0 spiro atoms. The van der Waals surface area contributed by atoms with Crippen molar-refractivity contribution in [3.05, 3.63) is 28.8 Å². The van der Waals surface area contributed by atoms with Crippen LogP contribution in [0.2, 0.25) is 0 Å². The fourth-order valence-corrected chi connectivity index (χ4v) is 4.01.